The minimum atomic E-state index is -0.904. The van der Waals surface area contributed by atoms with Gasteiger partial charge in [0.25, 0.3) is 11.8 Å². The lowest BCUT2D eigenvalue weighted by Crippen LogP contribution is -2.15. The Labute approximate surface area is 256 Å². The number of methoxy groups -OCH3 is 1. The number of rotatable bonds is 12. The Hall–Kier alpha value is -5.12. The molecule has 0 saturated carbocycles. The first-order valence-corrected chi connectivity index (χ1v) is 14.3. The Morgan fingerprint density at radius 3 is 1.57 bits per heavy atom. The van der Waals surface area contributed by atoms with E-state index < -0.39 is 5.97 Å². The third-order valence-electron chi connectivity index (χ3n) is 8.35. The van der Waals surface area contributed by atoms with E-state index >= 15 is 0 Å². The predicted molar refractivity (Wildman–Crippen MR) is 168 cm³/mol. The quantitative estimate of drug-likeness (QED) is 0.225. The second-order valence-electron chi connectivity index (χ2n) is 10.9. The summed E-state index contributed by atoms with van der Waals surface area (Å²) in [6.45, 7) is 15.1. The van der Waals surface area contributed by atoms with Crippen molar-refractivity contribution in [2.24, 2.45) is 0 Å². The number of ether oxygens (including phenoxy) is 1. The maximum Gasteiger partial charge on any atom is 0.305 e. The number of hydrogen-bond acceptors (Lipinski definition) is 5. The first-order chi connectivity index (χ1) is 20.9. The number of esters is 1. The molecule has 0 aromatic carbocycles. The lowest BCUT2D eigenvalue weighted by atomic mass is 9.98. The molecule has 230 valence electrons. The second-order valence-corrected chi connectivity index (χ2v) is 10.9. The molecule has 0 atom stereocenters. The van der Waals surface area contributed by atoms with Crippen LogP contribution in [0.3, 0.4) is 0 Å². The van der Waals surface area contributed by atoms with E-state index in [0.717, 1.165) is 56.2 Å². The highest BCUT2D eigenvalue weighted by Crippen LogP contribution is 2.31. The standard InChI is InChI=1S/C34H38N4O6/c1-8-21-17(3)27(37-33(21)42)14-25-19(5)23(10-12-31(39)40)29(35-25)16-30-24(11-13-32(41)44-7)20(6)26(36-30)15-28-18(4)22(9-2)34(43)38-28/h8-9,14-15,35-36H,1-2,10-13,16H2,3-7H3,(H,37,42)(H,38,43)(H,39,40)/b27-14+,28-15-. The number of aliphatic carboxylic acids is 1. The van der Waals surface area contributed by atoms with E-state index in [-0.39, 0.29) is 30.6 Å². The van der Waals surface area contributed by atoms with Crippen LogP contribution < -0.4 is 10.6 Å². The molecule has 4 heterocycles. The average molecular weight is 599 g/mol. The zero-order valence-corrected chi connectivity index (χ0v) is 25.7. The van der Waals surface area contributed by atoms with Gasteiger partial charge >= 0.3 is 11.9 Å². The van der Waals surface area contributed by atoms with E-state index in [4.69, 9.17) is 4.74 Å². The smallest absolute Gasteiger partial charge is 0.305 e. The van der Waals surface area contributed by atoms with Gasteiger partial charge in [0.2, 0.25) is 0 Å². The van der Waals surface area contributed by atoms with Gasteiger partial charge in [0.05, 0.1) is 7.11 Å². The Bertz CT molecular complexity index is 1720. The normalized spacial score (nSPS) is 16.7. The van der Waals surface area contributed by atoms with Gasteiger partial charge in [-0.05, 0) is 86.1 Å². The maximum atomic E-state index is 12.4. The summed E-state index contributed by atoms with van der Waals surface area (Å²) < 4.78 is 4.89. The fraction of sp³-hybridized carbons (Fsp3) is 0.294. The molecule has 0 fully saturated rings. The van der Waals surface area contributed by atoms with Gasteiger partial charge in [-0.2, -0.15) is 0 Å². The number of carboxylic acid groups (broad SMARTS) is 1. The molecule has 0 unspecified atom stereocenters. The monoisotopic (exact) mass is 598 g/mol. The number of aromatic amines is 2. The number of hydrogen-bond donors (Lipinski definition) is 5. The molecule has 2 aliphatic heterocycles. The van der Waals surface area contributed by atoms with Crippen LogP contribution in [0.15, 0.2) is 59.0 Å². The molecule has 2 aliphatic rings. The molecule has 5 N–H and O–H groups in total. The largest absolute Gasteiger partial charge is 0.481 e. The van der Waals surface area contributed by atoms with Crippen LogP contribution >= 0.6 is 0 Å². The molecule has 0 aliphatic carbocycles. The summed E-state index contributed by atoms with van der Waals surface area (Å²) in [6.07, 6.45) is 8.06. The lowest BCUT2D eigenvalue weighted by molar-refractivity contribution is -0.140. The van der Waals surface area contributed by atoms with Crippen molar-refractivity contribution in [1.82, 2.24) is 20.6 Å². The van der Waals surface area contributed by atoms with Gasteiger partial charge < -0.3 is 30.4 Å². The number of allylic oxidation sites excluding steroid dienone is 2. The van der Waals surface area contributed by atoms with Gasteiger partial charge in [0.15, 0.2) is 0 Å². The van der Waals surface area contributed by atoms with E-state index in [1.54, 1.807) is 0 Å². The van der Waals surface area contributed by atoms with Crippen LogP contribution in [0.1, 0.15) is 71.7 Å². The van der Waals surface area contributed by atoms with Crippen LogP contribution in [0.4, 0.5) is 0 Å². The average Bonchev–Trinajstić information content (AvgIpc) is 3.62. The SMILES string of the molecule is C=CC1=C(C)/C(=C/c2[nH]c(Cc3[nH]c(/C=C4/NC(=O)C(C=C)=C4C)c(C)c3CCC(=O)O)c(CCC(=O)OC)c2C)NC1=O. The summed E-state index contributed by atoms with van der Waals surface area (Å²) in [5, 5.41) is 15.2. The first kappa shape index (κ1) is 31.8. The number of H-pyrrole nitrogens is 2. The van der Waals surface area contributed by atoms with E-state index in [2.05, 4.69) is 33.8 Å². The van der Waals surface area contributed by atoms with E-state index in [1.807, 2.05) is 39.8 Å². The zero-order valence-electron chi connectivity index (χ0n) is 25.7. The Balaban J connectivity index is 1.80. The summed E-state index contributed by atoms with van der Waals surface area (Å²) in [6, 6.07) is 0. The van der Waals surface area contributed by atoms with Crippen LogP contribution in [0, 0.1) is 13.8 Å². The van der Waals surface area contributed by atoms with Crippen molar-refractivity contribution < 1.29 is 29.0 Å². The van der Waals surface area contributed by atoms with E-state index in [1.165, 1.54) is 19.3 Å². The van der Waals surface area contributed by atoms with Crippen molar-refractivity contribution in [1.29, 1.82) is 0 Å². The zero-order chi connectivity index (χ0) is 32.3. The fourth-order valence-corrected chi connectivity index (χ4v) is 5.71. The van der Waals surface area contributed by atoms with Crippen molar-refractivity contribution in [2.45, 2.75) is 59.8 Å². The van der Waals surface area contributed by atoms with Crippen molar-refractivity contribution >= 4 is 35.9 Å². The van der Waals surface area contributed by atoms with Crippen molar-refractivity contribution in [3.63, 3.8) is 0 Å². The Morgan fingerprint density at radius 2 is 1.20 bits per heavy atom. The van der Waals surface area contributed by atoms with Crippen molar-refractivity contribution in [3.05, 3.63) is 104 Å². The molecule has 4 rings (SSSR count). The summed E-state index contributed by atoms with van der Waals surface area (Å²) in [4.78, 5) is 55.4. The van der Waals surface area contributed by atoms with Crippen LogP contribution in [-0.2, 0) is 43.2 Å². The van der Waals surface area contributed by atoms with Gasteiger partial charge in [-0.1, -0.05) is 25.3 Å². The molecule has 0 spiro atoms. The molecule has 0 bridgehead atoms. The van der Waals surface area contributed by atoms with Gasteiger partial charge in [-0.15, -0.1) is 0 Å². The highest BCUT2D eigenvalue weighted by Gasteiger charge is 2.25. The van der Waals surface area contributed by atoms with Gasteiger partial charge in [-0.3, -0.25) is 19.2 Å². The highest BCUT2D eigenvalue weighted by atomic mass is 16.5. The lowest BCUT2D eigenvalue weighted by Gasteiger charge is -2.07. The van der Waals surface area contributed by atoms with Crippen LogP contribution in [0.2, 0.25) is 0 Å². The van der Waals surface area contributed by atoms with Gasteiger partial charge in [-0.25, -0.2) is 0 Å². The Kier molecular flexibility index (Phi) is 9.42. The molecule has 44 heavy (non-hydrogen) atoms. The fourth-order valence-electron chi connectivity index (χ4n) is 5.71. The van der Waals surface area contributed by atoms with Crippen LogP contribution in [-0.4, -0.2) is 45.9 Å². The highest BCUT2D eigenvalue weighted by molar-refractivity contribution is 6.04. The molecule has 0 radical (unpaired) electrons. The number of aromatic nitrogens is 2. The maximum absolute atomic E-state index is 12.4. The minimum absolute atomic E-state index is 0.0504. The van der Waals surface area contributed by atoms with E-state index in [0.29, 0.717) is 41.8 Å². The third-order valence-corrected chi connectivity index (χ3v) is 8.35. The molecule has 2 aromatic heterocycles. The molecule has 2 amide bonds. The topological polar surface area (TPSA) is 153 Å². The number of carbonyl (C=O) groups is 4. The predicted octanol–water partition coefficient (Wildman–Crippen LogP) is 4.62. The molecular formula is C34H38N4O6. The third kappa shape index (κ3) is 6.29. The summed E-state index contributed by atoms with van der Waals surface area (Å²) >= 11 is 0. The van der Waals surface area contributed by atoms with Crippen molar-refractivity contribution in [2.75, 3.05) is 7.11 Å². The van der Waals surface area contributed by atoms with Crippen molar-refractivity contribution in [3.8, 4) is 0 Å². The minimum Gasteiger partial charge on any atom is -0.481 e. The second kappa shape index (κ2) is 13.0. The molecular weight excluding hydrogens is 560 g/mol. The molecule has 10 nitrogen and oxygen atoms in total. The summed E-state index contributed by atoms with van der Waals surface area (Å²) in [5.41, 5.74) is 10.7. The molecule has 10 heteroatoms. The summed E-state index contributed by atoms with van der Waals surface area (Å²) in [7, 11) is 1.35. The van der Waals surface area contributed by atoms with Crippen LogP contribution in [0.25, 0.3) is 12.2 Å². The number of amides is 2. The van der Waals surface area contributed by atoms with E-state index in [9.17, 15) is 24.3 Å². The van der Waals surface area contributed by atoms with Crippen LogP contribution in [0.5, 0.6) is 0 Å². The summed E-state index contributed by atoms with van der Waals surface area (Å²) in [5.74, 6) is -1.67. The molecule has 0 saturated heterocycles. The first-order valence-electron chi connectivity index (χ1n) is 14.3. The Morgan fingerprint density at radius 1 is 0.773 bits per heavy atom. The number of nitrogens with one attached hydrogen (secondary N) is 4. The van der Waals surface area contributed by atoms with Gasteiger partial charge in [0.1, 0.15) is 0 Å². The number of carbonyl (C=O) groups excluding carboxylic acids is 3. The number of carboxylic acids is 1. The molecule has 2 aromatic rings. The van der Waals surface area contributed by atoms with Gasteiger partial charge in [0, 0.05) is 64.6 Å².